The van der Waals surface area contributed by atoms with Crippen LogP contribution >= 0.6 is 22.7 Å². The molecule has 0 atom stereocenters. The number of aromatic nitrogens is 2. The van der Waals surface area contributed by atoms with E-state index in [-0.39, 0.29) is 5.91 Å². The van der Waals surface area contributed by atoms with Crippen molar-refractivity contribution in [3.05, 3.63) is 70.2 Å². The normalized spacial score (nSPS) is 11.0. The van der Waals surface area contributed by atoms with Crippen LogP contribution in [0.1, 0.15) is 16.3 Å². The number of nitrogens with zero attached hydrogens (tertiary/aromatic N) is 2. The highest BCUT2D eigenvalue weighted by atomic mass is 32.1. The van der Waals surface area contributed by atoms with Crippen molar-refractivity contribution in [2.24, 2.45) is 0 Å². The van der Waals surface area contributed by atoms with Crippen molar-refractivity contribution in [1.29, 1.82) is 0 Å². The largest absolute Gasteiger partial charge is 0.355 e. The Bertz CT molecular complexity index is 1050. The van der Waals surface area contributed by atoms with E-state index in [2.05, 4.69) is 40.4 Å². The molecule has 2 heterocycles. The molecule has 0 spiro atoms. The van der Waals surface area contributed by atoms with Gasteiger partial charge in [0.2, 0.25) is 5.91 Å². The molecule has 4 rings (SSSR count). The van der Waals surface area contributed by atoms with E-state index >= 15 is 0 Å². The Balaban J connectivity index is 1.30. The van der Waals surface area contributed by atoms with E-state index < -0.39 is 0 Å². The third kappa shape index (κ3) is 4.40. The first-order chi connectivity index (χ1) is 13.2. The van der Waals surface area contributed by atoms with Crippen LogP contribution in [0.3, 0.4) is 0 Å². The third-order valence-electron chi connectivity index (χ3n) is 4.16. The molecule has 27 heavy (non-hydrogen) atoms. The molecule has 0 fully saturated rings. The average molecular weight is 394 g/mol. The minimum Gasteiger partial charge on any atom is -0.355 e. The smallest absolute Gasteiger partial charge is 0.226 e. The van der Waals surface area contributed by atoms with Gasteiger partial charge in [-0.3, -0.25) is 4.79 Å². The van der Waals surface area contributed by atoms with E-state index in [1.54, 1.807) is 22.7 Å². The van der Waals surface area contributed by atoms with Crippen LogP contribution in [0.15, 0.2) is 53.9 Å². The molecule has 0 aliphatic rings. The van der Waals surface area contributed by atoms with Crippen molar-refractivity contribution in [1.82, 2.24) is 15.3 Å². The number of hydrogen-bond donors (Lipinski definition) is 1. The summed E-state index contributed by atoms with van der Waals surface area (Å²) < 4.78 is 1.19. The van der Waals surface area contributed by atoms with Crippen molar-refractivity contribution in [3.63, 3.8) is 0 Å². The molecule has 2 aromatic carbocycles. The molecule has 1 amide bonds. The van der Waals surface area contributed by atoms with Gasteiger partial charge in [0.05, 0.1) is 27.3 Å². The monoisotopic (exact) mass is 393 g/mol. The van der Waals surface area contributed by atoms with Gasteiger partial charge in [-0.25, -0.2) is 9.97 Å². The van der Waals surface area contributed by atoms with Crippen LogP contribution in [0.2, 0.25) is 0 Å². The molecule has 0 saturated heterocycles. The number of fused-ring (bicyclic) bond motifs is 1. The Morgan fingerprint density at radius 1 is 1.11 bits per heavy atom. The van der Waals surface area contributed by atoms with E-state index in [9.17, 15) is 4.79 Å². The number of hydrogen-bond acceptors (Lipinski definition) is 5. The molecule has 2 aromatic heterocycles. The van der Waals surface area contributed by atoms with Gasteiger partial charge >= 0.3 is 0 Å². The molecule has 0 radical (unpaired) electrons. The molecule has 4 nitrogen and oxygen atoms in total. The first kappa shape index (κ1) is 17.8. The summed E-state index contributed by atoms with van der Waals surface area (Å²) in [6.45, 7) is 2.66. The van der Waals surface area contributed by atoms with Crippen LogP contribution in [-0.2, 0) is 17.6 Å². The molecule has 0 aliphatic carbocycles. The lowest BCUT2D eigenvalue weighted by atomic mass is 10.1. The molecule has 136 valence electrons. The highest BCUT2D eigenvalue weighted by molar-refractivity contribution is 7.18. The zero-order chi connectivity index (χ0) is 18.6. The number of amides is 1. The minimum atomic E-state index is -0.00259. The second-order valence-corrected chi connectivity index (χ2v) is 8.34. The quantitative estimate of drug-likeness (QED) is 0.520. The van der Waals surface area contributed by atoms with Gasteiger partial charge in [0.1, 0.15) is 5.01 Å². The number of para-hydroxylation sites is 1. The Morgan fingerprint density at radius 3 is 2.85 bits per heavy atom. The number of thiazole rings is 2. The van der Waals surface area contributed by atoms with Crippen molar-refractivity contribution in [2.75, 3.05) is 6.54 Å². The summed E-state index contributed by atoms with van der Waals surface area (Å²) in [6.07, 6.45) is 1.05. The summed E-state index contributed by atoms with van der Waals surface area (Å²) in [5, 5.41) is 6.94. The Morgan fingerprint density at radius 2 is 2.00 bits per heavy atom. The second-order valence-electron chi connectivity index (χ2n) is 6.37. The van der Waals surface area contributed by atoms with Crippen molar-refractivity contribution in [2.45, 2.75) is 19.8 Å². The fourth-order valence-corrected chi connectivity index (χ4v) is 4.65. The Labute approximate surface area is 165 Å². The minimum absolute atomic E-state index is 0.00259. The average Bonchev–Trinajstić information content (AvgIpc) is 3.28. The summed E-state index contributed by atoms with van der Waals surface area (Å²) in [6, 6.07) is 16.4. The molecule has 6 heteroatoms. The summed E-state index contributed by atoms with van der Waals surface area (Å²) in [5.74, 6) is -0.00259. The zero-order valence-electron chi connectivity index (χ0n) is 14.9. The lowest BCUT2D eigenvalue weighted by Crippen LogP contribution is -2.27. The Kier molecular flexibility index (Phi) is 5.27. The van der Waals surface area contributed by atoms with Crippen LogP contribution < -0.4 is 5.32 Å². The first-order valence-corrected chi connectivity index (χ1v) is 10.5. The van der Waals surface area contributed by atoms with E-state index in [1.807, 2.05) is 35.7 Å². The fourth-order valence-electron chi connectivity index (χ4n) is 2.86. The Hall–Kier alpha value is -2.57. The number of benzene rings is 2. The maximum Gasteiger partial charge on any atom is 0.226 e. The van der Waals surface area contributed by atoms with Gasteiger partial charge in [0.15, 0.2) is 0 Å². The molecule has 1 N–H and O–H groups in total. The lowest BCUT2D eigenvalue weighted by Gasteiger charge is -2.02. The zero-order valence-corrected chi connectivity index (χ0v) is 16.6. The molecule has 0 saturated carbocycles. The summed E-state index contributed by atoms with van der Waals surface area (Å²) in [7, 11) is 0. The number of rotatable bonds is 6. The maximum absolute atomic E-state index is 12.2. The summed E-state index contributed by atoms with van der Waals surface area (Å²) in [4.78, 5) is 21.4. The van der Waals surface area contributed by atoms with Crippen LogP contribution in [0, 0.1) is 6.92 Å². The molecule has 0 bridgehead atoms. The number of nitrogens with one attached hydrogen (secondary N) is 1. The molecular weight excluding hydrogens is 374 g/mol. The van der Waals surface area contributed by atoms with Crippen LogP contribution in [-0.4, -0.2) is 22.4 Å². The van der Waals surface area contributed by atoms with Crippen LogP contribution in [0.4, 0.5) is 0 Å². The van der Waals surface area contributed by atoms with Crippen molar-refractivity contribution < 1.29 is 4.79 Å². The van der Waals surface area contributed by atoms with Crippen LogP contribution in [0.25, 0.3) is 20.8 Å². The standard InChI is InChI=1S/C21H19N3OS2/c1-14-5-4-6-15(11-14)21-23-16(13-26-21)12-19(25)22-10-9-20-24-17-7-2-3-8-18(17)27-20/h2-8,11,13H,9-10,12H2,1H3,(H,22,25). The van der Waals surface area contributed by atoms with E-state index in [0.717, 1.165) is 33.2 Å². The highest BCUT2D eigenvalue weighted by Crippen LogP contribution is 2.24. The van der Waals surface area contributed by atoms with Crippen molar-refractivity contribution >= 4 is 38.8 Å². The topological polar surface area (TPSA) is 54.9 Å². The van der Waals surface area contributed by atoms with Crippen LogP contribution in [0.5, 0.6) is 0 Å². The van der Waals surface area contributed by atoms with Crippen molar-refractivity contribution in [3.8, 4) is 10.6 Å². The fraction of sp³-hybridized carbons (Fsp3) is 0.190. The maximum atomic E-state index is 12.2. The number of carbonyl (C=O) groups is 1. The molecule has 4 aromatic rings. The summed E-state index contributed by atoms with van der Waals surface area (Å²) >= 11 is 3.26. The number of carbonyl (C=O) groups excluding carboxylic acids is 1. The highest BCUT2D eigenvalue weighted by Gasteiger charge is 2.10. The third-order valence-corrected chi connectivity index (χ3v) is 6.19. The van der Waals surface area contributed by atoms with E-state index in [1.165, 1.54) is 10.3 Å². The first-order valence-electron chi connectivity index (χ1n) is 8.80. The SMILES string of the molecule is Cc1cccc(-c2nc(CC(=O)NCCc3nc4ccccc4s3)cs2)c1. The predicted molar refractivity (Wildman–Crippen MR) is 112 cm³/mol. The second kappa shape index (κ2) is 7.98. The molecule has 0 aliphatic heterocycles. The van der Waals surface area contributed by atoms with Gasteiger partial charge in [-0.05, 0) is 25.1 Å². The van der Waals surface area contributed by atoms with E-state index in [0.29, 0.717) is 13.0 Å². The molecule has 0 unspecified atom stereocenters. The summed E-state index contributed by atoms with van der Waals surface area (Å²) in [5.41, 5.74) is 4.14. The predicted octanol–water partition coefficient (Wildman–Crippen LogP) is 4.63. The van der Waals surface area contributed by atoms with Gasteiger partial charge in [-0.1, -0.05) is 35.9 Å². The number of aryl methyl sites for hydroxylation is 1. The van der Waals surface area contributed by atoms with Gasteiger partial charge in [0.25, 0.3) is 0 Å². The lowest BCUT2D eigenvalue weighted by molar-refractivity contribution is -0.120. The van der Waals surface area contributed by atoms with Gasteiger partial charge in [0, 0.05) is 23.9 Å². The van der Waals surface area contributed by atoms with Gasteiger partial charge in [-0.2, -0.15) is 0 Å². The molecular formula is C21H19N3OS2. The van der Waals surface area contributed by atoms with Gasteiger partial charge < -0.3 is 5.32 Å². The van der Waals surface area contributed by atoms with Gasteiger partial charge in [-0.15, -0.1) is 22.7 Å². The van der Waals surface area contributed by atoms with E-state index in [4.69, 9.17) is 0 Å².